The first-order valence-electron chi connectivity index (χ1n) is 7.02. The Morgan fingerprint density at radius 3 is 2.68 bits per heavy atom. The molecule has 0 aliphatic rings. The summed E-state index contributed by atoms with van der Waals surface area (Å²) in [6.07, 6.45) is 4.04. The Bertz CT molecular complexity index is 650. The van der Waals surface area contributed by atoms with Crippen LogP contribution in [-0.4, -0.2) is 19.6 Å². The van der Waals surface area contributed by atoms with Gasteiger partial charge in [0.15, 0.2) is 0 Å². The van der Waals surface area contributed by atoms with Crippen LogP contribution in [0.3, 0.4) is 0 Å². The number of benzene rings is 2. The molecule has 2 aromatic carbocycles. The highest BCUT2D eigenvalue weighted by atomic mass is 35.5. The van der Waals surface area contributed by atoms with E-state index in [0.29, 0.717) is 11.6 Å². The highest BCUT2D eigenvalue weighted by Gasteiger charge is 1.98. The zero-order valence-electron chi connectivity index (χ0n) is 12.4. The predicted octanol–water partition coefficient (Wildman–Crippen LogP) is 3.72. The molecule has 0 fully saturated rings. The molecule has 1 amide bonds. The molecular weight excluding hydrogens is 298 g/mol. The summed E-state index contributed by atoms with van der Waals surface area (Å²) in [6.45, 7) is 0.588. The lowest BCUT2D eigenvalue weighted by Gasteiger charge is -2.04. The van der Waals surface area contributed by atoms with E-state index in [-0.39, 0.29) is 5.91 Å². The summed E-state index contributed by atoms with van der Waals surface area (Å²) in [7, 11) is 1.64. The Balaban J connectivity index is 1.77. The van der Waals surface area contributed by atoms with E-state index in [1.54, 1.807) is 19.3 Å². The van der Waals surface area contributed by atoms with Gasteiger partial charge >= 0.3 is 0 Å². The van der Waals surface area contributed by atoms with Crippen molar-refractivity contribution in [2.75, 3.05) is 13.7 Å². The zero-order valence-corrected chi connectivity index (χ0v) is 13.1. The number of hydrogen-bond donors (Lipinski definition) is 1. The van der Waals surface area contributed by atoms with Gasteiger partial charge < -0.3 is 10.1 Å². The number of carbonyl (C=O) groups is 1. The van der Waals surface area contributed by atoms with Crippen LogP contribution in [0.1, 0.15) is 11.1 Å². The maximum Gasteiger partial charge on any atom is 0.244 e. The highest BCUT2D eigenvalue weighted by Crippen LogP contribution is 2.12. The molecule has 2 rings (SSSR count). The van der Waals surface area contributed by atoms with Gasteiger partial charge in [0.1, 0.15) is 5.75 Å². The monoisotopic (exact) mass is 315 g/mol. The van der Waals surface area contributed by atoms with E-state index in [4.69, 9.17) is 16.3 Å². The Kier molecular flexibility index (Phi) is 6.04. The first kappa shape index (κ1) is 16.1. The summed E-state index contributed by atoms with van der Waals surface area (Å²) in [5, 5.41) is 3.51. The first-order chi connectivity index (χ1) is 10.7. The average Bonchev–Trinajstić information content (AvgIpc) is 2.54. The molecule has 1 N–H and O–H groups in total. The smallest absolute Gasteiger partial charge is 0.244 e. The van der Waals surface area contributed by atoms with Crippen LogP contribution in [0.15, 0.2) is 54.6 Å². The van der Waals surface area contributed by atoms with Crippen LogP contribution >= 0.6 is 11.6 Å². The second-order valence-electron chi connectivity index (χ2n) is 4.78. The fourth-order valence-corrected chi connectivity index (χ4v) is 2.16. The number of ether oxygens (including phenoxy) is 1. The number of amides is 1. The third-order valence-electron chi connectivity index (χ3n) is 3.15. The maximum atomic E-state index is 11.7. The second kappa shape index (κ2) is 8.25. The molecule has 0 heterocycles. The third kappa shape index (κ3) is 5.26. The van der Waals surface area contributed by atoms with Crippen molar-refractivity contribution in [3.05, 3.63) is 70.8 Å². The number of hydrogen-bond acceptors (Lipinski definition) is 2. The van der Waals surface area contributed by atoms with Crippen molar-refractivity contribution in [3.8, 4) is 5.75 Å². The van der Waals surface area contributed by atoms with E-state index in [0.717, 1.165) is 23.3 Å². The molecule has 0 bridgehead atoms. The van der Waals surface area contributed by atoms with Crippen molar-refractivity contribution in [3.63, 3.8) is 0 Å². The Labute approximate surface area is 135 Å². The van der Waals surface area contributed by atoms with Crippen molar-refractivity contribution >= 4 is 23.6 Å². The van der Waals surface area contributed by atoms with Gasteiger partial charge in [-0.05, 0) is 47.9 Å². The molecule has 0 spiro atoms. The molecule has 0 radical (unpaired) electrons. The lowest BCUT2D eigenvalue weighted by molar-refractivity contribution is -0.116. The Morgan fingerprint density at radius 1 is 1.23 bits per heavy atom. The number of rotatable bonds is 6. The van der Waals surface area contributed by atoms with Crippen LogP contribution in [0.5, 0.6) is 5.75 Å². The largest absolute Gasteiger partial charge is 0.497 e. The fraction of sp³-hybridized carbons (Fsp3) is 0.167. The molecule has 3 nitrogen and oxygen atoms in total. The molecule has 0 aliphatic carbocycles. The first-order valence-corrected chi connectivity index (χ1v) is 7.39. The minimum Gasteiger partial charge on any atom is -0.497 e. The Hall–Kier alpha value is -2.26. The van der Waals surface area contributed by atoms with E-state index in [1.165, 1.54) is 6.08 Å². The summed E-state index contributed by atoms with van der Waals surface area (Å²) < 4.78 is 5.11. The van der Waals surface area contributed by atoms with Crippen molar-refractivity contribution in [1.82, 2.24) is 5.32 Å². The Morgan fingerprint density at radius 2 is 2.00 bits per heavy atom. The molecule has 0 saturated carbocycles. The van der Waals surface area contributed by atoms with Crippen LogP contribution in [0.25, 0.3) is 6.08 Å². The standard InChI is InChI=1S/C18H18ClNO2/c1-22-17-8-5-14(6-9-17)11-12-20-18(21)10-7-15-3-2-4-16(19)13-15/h2-10,13H,11-12H2,1H3,(H,20,21). The van der Waals surface area contributed by atoms with Gasteiger partial charge in [-0.2, -0.15) is 0 Å². The van der Waals surface area contributed by atoms with Gasteiger partial charge in [-0.15, -0.1) is 0 Å². The highest BCUT2D eigenvalue weighted by molar-refractivity contribution is 6.30. The van der Waals surface area contributed by atoms with Crippen LogP contribution in [-0.2, 0) is 11.2 Å². The lowest BCUT2D eigenvalue weighted by Crippen LogP contribution is -2.23. The number of carbonyl (C=O) groups excluding carboxylic acids is 1. The molecule has 2 aromatic rings. The summed E-state index contributed by atoms with van der Waals surface area (Å²) in [4.78, 5) is 11.7. The second-order valence-corrected chi connectivity index (χ2v) is 5.21. The van der Waals surface area contributed by atoms with Gasteiger partial charge in [-0.25, -0.2) is 0 Å². The predicted molar refractivity (Wildman–Crippen MR) is 90.2 cm³/mol. The van der Waals surface area contributed by atoms with Gasteiger partial charge in [0.05, 0.1) is 7.11 Å². The molecule has 0 saturated heterocycles. The third-order valence-corrected chi connectivity index (χ3v) is 3.38. The van der Waals surface area contributed by atoms with Crippen LogP contribution in [0.4, 0.5) is 0 Å². The average molecular weight is 316 g/mol. The van der Waals surface area contributed by atoms with E-state index in [2.05, 4.69) is 5.32 Å². The maximum absolute atomic E-state index is 11.7. The minimum atomic E-state index is -0.117. The van der Waals surface area contributed by atoms with Crippen molar-refractivity contribution in [2.24, 2.45) is 0 Å². The van der Waals surface area contributed by atoms with Gasteiger partial charge in [-0.3, -0.25) is 4.79 Å². The van der Waals surface area contributed by atoms with E-state index < -0.39 is 0 Å². The minimum absolute atomic E-state index is 0.117. The lowest BCUT2D eigenvalue weighted by atomic mass is 10.1. The van der Waals surface area contributed by atoms with Crippen molar-refractivity contribution in [1.29, 1.82) is 0 Å². The van der Waals surface area contributed by atoms with E-state index in [1.807, 2.05) is 42.5 Å². The fourth-order valence-electron chi connectivity index (χ4n) is 1.96. The summed E-state index contributed by atoms with van der Waals surface area (Å²) in [6, 6.07) is 15.2. The van der Waals surface area contributed by atoms with Crippen LogP contribution in [0.2, 0.25) is 5.02 Å². The molecule has 114 valence electrons. The van der Waals surface area contributed by atoms with Gasteiger partial charge in [0.2, 0.25) is 5.91 Å². The molecular formula is C18H18ClNO2. The van der Waals surface area contributed by atoms with E-state index >= 15 is 0 Å². The topological polar surface area (TPSA) is 38.3 Å². The van der Waals surface area contributed by atoms with Crippen LogP contribution < -0.4 is 10.1 Å². The van der Waals surface area contributed by atoms with Gasteiger partial charge in [0.25, 0.3) is 0 Å². The molecule has 4 heteroatoms. The molecule has 0 aliphatic heterocycles. The van der Waals surface area contributed by atoms with Crippen molar-refractivity contribution < 1.29 is 9.53 Å². The molecule has 0 atom stereocenters. The summed E-state index contributed by atoms with van der Waals surface area (Å²) >= 11 is 5.89. The zero-order chi connectivity index (χ0) is 15.8. The summed E-state index contributed by atoms with van der Waals surface area (Å²) in [5.41, 5.74) is 2.05. The number of halogens is 1. The summed E-state index contributed by atoms with van der Waals surface area (Å²) in [5.74, 6) is 0.714. The SMILES string of the molecule is COc1ccc(CCNC(=O)C=Cc2cccc(Cl)c2)cc1. The van der Waals surface area contributed by atoms with Crippen molar-refractivity contribution in [2.45, 2.75) is 6.42 Å². The normalized spacial score (nSPS) is 10.6. The number of methoxy groups -OCH3 is 1. The van der Waals surface area contributed by atoms with Gasteiger partial charge in [-0.1, -0.05) is 35.9 Å². The van der Waals surface area contributed by atoms with Crippen LogP contribution in [0, 0.1) is 0 Å². The van der Waals surface area contributed by atoms with Gasteiger partial charge in [0, 0.05) is 17.6 Å². The quantitative estimate of drug-likeness (QED) is 0.825. The molecule has 0 unspecified atom stereocenters. The number of nitrogens with one attached hydrogen (secondary N) is 1. The molecule has 0 aromatic heterocycles. The van der Waals surface area contributed by atoms with E-state index in [9.17, 15) is 4.79 Å². The molecule has 22 heavy (non-hydrogen) atoms.